The lowest BCUT2D eigenvalue weighted by Gasteiger charge is -2.11. The molecular weight excluding hydrogens is 204 g/mol. The van der Waals surface area contributed by atoms with E-state index in [1.54, 1.807) is 20.8 Å². The molecule has 0 saturated heterocycles. The van der Waals surface area contributed by atoms with Crippen LogP contribution in [0.25, 0.3) is 0 Å². The predicted molar refractivity (Wildman–Crippen MR) is 61.1 cm³/mol. The molecule has 1 atom stereocenters. The average Bonchev–Trinajstić information content (AvgIpc) is 2.27. The van der Waals surface area contributed by atoms with Gasteiger partial charge in [0.05, 0.1) is 12.0 Å². The van der Waals surface area contributed by atoms with Gasteiger partial charge >= 0.3 is 5.97 Å². The van der Waals surface area contributed by atoms with Gasteiger partial charge in [-0.3, -0.25) is 4.79 Å². The SMILES string of the molecule is CC(C)OC(=O)C(=O)C(C)c1ccccc1. The number of benzene rings is 1. The monoisotopic (exact) mass is 220 g/mol. The highest BCUT2D eigenvalue weighted by Crippen LogP contribution is 2.16. The molecule has 0 amide bonds. The molecule has 0 radical (unpaired) electrons. The van der Waals surface area contributed by atoms with Gasteiger partial charge < -0.3 is 4.74 Å². The number of rotatable bonds is 4. The van der Waals surface area contributed by atoms with Gasteiger partial charge in [0.25, 0.3) is 0 Å². The fraction of sp³-hybridized carbons (Fsp3) is 0.385. The van der Waals surface area contributed by atoms with Crippen molar-refractivity contribution in [2.24, 2.45) is 0 Å². The number of ketones is 1. The van der Waals surface area contributed by atoms with Crippen LogP contribution in [0.2, 0.25) is 0 Å². The predicted octanol–water partition coefficient (Wildman–Crippen LogP) is 2.31. The van der Waals surface area contributed by atoms with Crippen molar-refractivity contribution in [3.63, 3.8) is 0 Å². The Bertz CT molecular complexity index is 368. The molecule has 0 aliphatic heterocycles. The highest BCUT2D eigenvalue weighted by atomic mass is 16.5. The van der Waals surface area contributed by atoms with Gasteiger partial charge in [-0.05, 0) is 19.4 Å². The number of esters is 1. The zero-order valence-electron chi connectivity index (χ0n) is 9.77. The summed E-state index contributed by atoms with van der Waals surface area (Å²) in [6, 6.07) is 9.20. The second-order valence-corrected chi connectivity index (χ2v) is 3.95. The summed E-state index contributed by atoms with van der Waals surface area (Å²) in [7, 11) is 0. The summed E-state index contributed by atoms with van der Waals surface area (Å²) in [5, 5.41) is 0. The fourth-order valence-electron chi connectivity index (χ4n) is 1.34. The lowest BCUT2D eigenvalue weighted by Crippen LogP contribution is -2.25. The molecule has 16 heavy (non-hydrogen) atoms. The molecule has 0 spiro atoms. The van der Waals surface area contributed by atoms with Crippen LogP contribution >= 0.6 is 0 Å². The largest absolute Gasteiger partial charge is 0.457 e. The number of Topliss-reactive ketones (excluding diaryl/α,β-unsaturated/α-hetero) is 1. The zero-order valence-corrected chi connectivity index (χ0v) is 9.77. The number of hydrogen-bond donors (Lipinski definition) is 0. The summed E-state index contributed by atoms with van der Waals surface area (Å²) < 4.78 is 4.87. The van der Waals surface area contributed by atoms with Crippen LogP contribution in [0, 0.1) is 0 Å². The van der Waals surface area contributed by atoms with Crippen LogP contribution in [0.3, 0.4) is 0 Å². The third-order valence-electron chi connectivity index (χ3n) is 2.24. The molecule has 86 valence electrons. The standard InChI is InChI=1S/C13H16O3/c1-9(2)16-13(15)12(14)10(3)11-7-5-4-6-8-11/h4-10H,1-3H3. The molecule has 0 saturated carbocycles. The van der Waals surface area contributed by atoms with E-state index in [-0.39, 0.29) is 6.10 Å². The van der Waals surface area contributed by atoms with Crippen LogP contribution in [0.5, 0.6) is 0 Å². The normalized spacial score (nSPS) is 12.2. The van der Waals surface area contributed by atoms with Gasteiger partial charge in [-0.2, -0.15) is 0 Å². The Morgan fingerprint density at radius 1 is 1.06 bits per heavy atom. The average molecular weight is 220 g/mol. The second kappa shape index (κ2) is 5.45. The summed E-state index contributed by atoms with van der Waals surface area (Å²) in [6.45, 7) is 5.15. The molecule has 0 fully saturated rings. The fourth-order valence-corrected chi connectivity index (χ4v) is 1.34. The molecule has 0 N–H and O–H groups in total. The number of hydrogen-bond acceptors (Lipinski definition) is 3. The van der Waals surface area contributed by atoms with E-state index in [0.717, 1.165) is 5.56 Å². The smallest absolute Gasteiger partial charge is 0.375 e. The van der Waals surface area contributed by atoms with Crippen molar-refractivity contribution in [1.82, 2.24) is 0 Å². The van der Waals surface area contributed by atoms with E-state index in [4.69, 9.17) is 4.74 Å². The molecule has 1 rings (SSSR count). The molecule has 0 aliphatic rings. The van der Waals surface area contributed by atoms with Gasteiger partial charge in [-0.1, -0.05) is 37.3 Å². The molecule has 0 bridgehead atoms. The second-order valence-electron chi connectivity index (χ2n) is 3.95. The Hall–Kier alpha value is -1.64. The van der Waals surface area contributed by atoms with Crippen molar-refractivity contribution < 1.29 is 14.3 Å². The molecular formula is C13H16O3. The van der Waals surface area contributed by atoms with Crippen LogP contribution in [-0.2, 0) is 14.3 Å². The van der Waals surface area contributed by atoms with Gasteiger partial charge in [0, 0.05) is 0 Å². The highest BCUT2D eigenvalue weighted by molar-refractivity contribution is 6.35. The highest BCUT2D eigenvalue weighted by Gasteiger charge is 2.24. The van der Waals surface area contributed by atoms with Crippen LogP contribution in [-0.4, -0.2) is 17.9 Å². The molecule has 0 aromatic heterocycles. The first-order valence-electron chi connectivity index (χ1n) is 5.32. The lowest BCUT2D eigenvalue weighted by atomic mass is 9.97. The minimum absolute atomic E-state index is 0.264. The molecule has 3 heteroatoms. The zero-order chi connectivity index (χ0) is 12.1. The Morgan fingerprint density at radius 3 is 2.12 bits per heavy atom. The molecule has 0 heterocycles. The van der Waals surface area contributed by atoms with Crippen molar-refractivity contribution in [3.05, 3.63) is 35.9 Å². The van der Waals surface area contributed by atoms with Crippen LogP contribution in [0.15, 0.2) is 30.3 Å². The van der Waals surface area contributed by atoms with Crippen LogP contribution in [0.4, 0.5) is 0 Å². The number of ether oxygens (including phenoxy) is 1. The molecule has 1 aromatic carbocycles. The van der Waals surface area contributed by atoms with E-state index in [9.17, 15) is 9.59 Å². The van der Waals surface area contributed by atoms with Crippen molar-refractivity contribution in [1.29, 1.82) is 0 Å². The Balaban J connectivity index is 2.72. The lowest BCUT2D eigenvalue weighted by molar-refractivity contribution is -0.157. The minimum Gasteiger partial charge on any atom is -0.457 e. The van der Waals surface area contributed by atoms with Crippen LogP contribution < -0.4 is 0 Å². The first kappa shape index (κ1) is 12.4. The van der Waals surface area contributed by atoms with Gasteiger partial charge in [0.2, 0.25) is 5.78 Å². The third-order valence-corrected chi connectivity index (χ3v) is 2.24. The first-order chi connectivity index (χ1) is 7.52. The number of carbonyl (C=O) groups excluding carboxylic acids is 2. The van der Waals surface area contributed by atoms with E-state index in [0.29, 0.717) is 0 Å². The first-order valence-corrected chi connectivity index (χ1v) is 5.32. The summed E-state index contributed by atoms with van der Waals surface area (Å²) >= 11 is 0. The molecule has 1 unspecified atom stereocenters. The van der Waals surface area contributed by atoms with Gasteiger partial charge in [-0.25, -0.2) is 4.79 Å². The summed E-state index contributed by atoms with van der Waals surface area (Å²) in [5.41, 5.74) is 0.827. The van der Waals surface area contributed by atoms with E-state index >= 15 is 0 Å². The van der Waals surface area contributed by atoms with Gasteiger partial charge in [0.15, 0.2) is 0 Å². The minimum atomic E-state index is -0.758. The molecule has 0 aliphatic carbocycles. The van der Waals surface area contributed by atoms with Crippen LogP contribution in [0.1, 0.15) is 32.3 Å². The number of carbonyl (C=O) groups is 2. The van der Waals surface area contributed by atoms with Gasteiger partial charge in [-0.15, -0.1) is 0 Å². The van der Waals surface area contributed by atoms with Crippen molar-refractivity contribution in [3.8, 4) is 0 Å². The molecule has 1 aromatic rings. The van der Waals surface area contributed by atoms with E-state index in [2.05, 4.69) is 0 Å². The third kappa shape index (κ3) is 3.19. The Morgan fingerprint density at radius 2 is 1.62 bits per heavy atom. The topological polar surface area (TPSA) is 43.4 Å². The maximum absolute atomic E-state index is 11.7. The summed E-state index contributed by atoms with van der Waals surface area (Å²) in [6.07, 6.45) is -0.264. The van der Waals surface area contributed by atoms with Gasteiger partial charge in [0.1, 0.15) is 0 Å². The maximum Gasteiger partial charge on any atom is 0.375 e. The summed E-state index contributed by atoms with van der Waals surface area (Å²) in [5.74, 6) is -1.71. The summed E-state index contributed by atoms with van der Waals surface area (Å²) in [4.78, 5) is 23.1. The Kier molecular flexibility index (Phi) is 4.23. The maximum atomic E-state index is 11.7. The van der Waals surface area contributed by atoms with E-state index < -0.39 is 17.7 Å². The van der Waals surface area contributed by atoms with Crippen molar-refractivity contribution in [2.75, 3.05) is 0 Å². The quantitative estimate of drug-likeness (QED) is 0.577. The van der Waals surface area contributed by atoms with Crippen molar-refractivity contribution in [2.45, 2.75) is 32.8 Å². The molecule has 3 nitrogen and oxygen atoms in total. The van der Waals surface area contributed by atoms with E-state index in [1.807, 2.05) is 30.3 Å². The Labute approximate surface area is 95.4 Å². The van der Waals surface area contributed by atoms with Crippen molar-refractivity contribution >= 4 is 11.8 Å². The van der Waals surface area contributed by atoms with E-state index in [1.165, 1.54) is 0 Å².